The summed E-state index contributed by atoms with van der Waals surface area (Å²) in [5, 5.41) is 19.5. The number of benzene rings is 2. The first-order valence-electron chi connectivity index (χ1n) is 8.11. The van der Waals surface area contributed by atoms with E-state index in [1.54, 1.807) is 36.7 Å². The van der Waals surface area contributed by atoms with E-state index >= 15 is 0 Å². The number of phenolic OH excluding ortho intramolecular Hbond substituents is 2. The normalized spacial score (nSPS) is 11.8. The summed E-state index contributed by atoms with van der Waals surface area (Å²) < 4.78 is 1.81. The van der Waals surface area contributed by atoms with E-state index in [1.807, 2.05) is 19.2 Å². The summed E-state index contributed by atoms with van der Waals surface area (Å²) in [6.07, 6.45) is 3.37. The SMILES string of the molecule is CN(CCN=Cc1cc(Br)ccc1O)CCN=Cc1cc(Br)ccc1O. The van der Waals surface area contributed by atoms with Crippen molar-refractivity contribution in [1.82, 2.24) is 4.90 Å². The van der Waals surface area contributed by atoms with Gasteiger partial charge in [0.05, 0.1) is 13.1 Å². The molecule has 0 saturated heterocycles. The van der Waals surface area contributed by atoms with E-state index in [1.165, 1.54) is 0 Å². The fourth-order valence-electron chi connectivity index (χ4n) is 2.15. The van der Waals surface area contributed by atoms with E-state index in [9.17, 15) is 10.2 Å². The number of aromatic hydroxyl groups is 2. The van der Waals surface area contributed by atoms with Crippen LogP contribution in [0.3, 0.4) is 0 Å². The number of aliphatic imine (C=N–C) groups is 2. The number of likely N-dealkylation sites (N-methyl/N-ethyl adjacent to an activating group) is 1. The van der Waals surface area contributed by atoms with Crippen LogP contribution >= 0.6 is 31.9 Å². The van der Waals surface area contributed by atoms with E-state index in [0.29, 0.717) is 24.2 Å². The first kappa shape index (κ1) is 20.6. The Kier molecular flexibility index (Phi) is 8.28. The molecule has 0 aliphatic heterocycles. The third-order valence-electron chi connectivity index (χ3n) is 3.66. The molecule has 0 saturated carbocycles. The maximum atomic E-state index is 9.76. The number of rotatable bonds is 8. The topological polar surface area (TPSA) is 68.4 Å². The fraction of sp³-hybridized carbons (Fsp3) is 0.263. The van der Waals surface area contributed by atoms with Gasteiger partial charge in [-0.25, -0.2) is 0 Å². The van der Waals surface area contributed by atoms with Crippen LogP contribution in [-0.4, -0.2) is 60.8 Å². The van der Waals surface area contributed by atoms with Gasteiger partial charge in [0.1, 0.15) is 11.5 Å². The van der Waals surface area contributed by atoms with Gasteiger partial charge in [0, 0.05) is 45.6 Å². The number of phenols is 2. The molecule has 0 aliphatic rings. The van der Waals surface area contributed by atoms with Crippen molar-refractivity contribution in [3.63, 3.8) is 0 Å². The van der Waals surface area contributed by atoms with Crippen LogP contribution in [0.2, 0.25) is 0 Å². The second kappa shape index (κ2) is 10.4. The second-order valence-electron chi connectivity index (χ2n) is 5.78. The predicted molar refractivity (Wildman–Crippen MR) is 114 cm³/mol. The number of hydrogen-bond donors (Lipinski definition) is 2. The highest BCUT2D eigenvalue weighted by atomic mass is 79.9. The molecule has 0 bridgehead atoms. The highest BCUT2D eigenvalue weighted by Gasteiger charge is 2.00. The minimum Gasteiger partial charge on any atom is -0.507 e. The molecule has 0 aromatic heterocycles. The van der Waals surface area contributed by atoms with Gasteiger partial charge in [-0.05, 0) is 43.4 Å². The standard InChI is InChI=1S/C19H21Br2N3O2/c1-24(8-6-22-12-14-10-16(20)2-4-18(14)25)9-7-23-13-15-11-17(21)3-5-19(15)26/h2-5,10-13,25-26H,6-9H2,1H3. The molecule has 0 atom stereocenters. The van der Waals surface area contributed by atoms with Crippen molar-refractivity contribution in [3.8, 4) is 11.5 Å². The first-order chi connectivity index (χ1) is 12.5. The lowest BCUT2D eigenvalue weighted by Crippen LogP contribution is -2.24. The lowest BCUT2D eigenvalue weighted by atomic mass is 10.2. The summed E-state index contributed by atoms with van der Waals surface area (Å²) in [4.78, 5) is 10.8. The molecular weight excluding hydrogens is 462 g/mol. The van der Waals surface area contributed by atoms with Gasteiger partial charge in [0.15, 0.2) is 0 Å². The van der Waals surface area contributed by atoms with Gasteiger partial charge in [-0.1, -0.05) is 31.9 Å². The molecule has 5 nitrogen and oxygen atoms in total. The zero-order valence-electron chi connectivity index (χ0n) is 14.4. The molecule has 0 heterocycles. The van der Waals surface area contributed by atoms with Gasteiger partial charge in [-0.2, -0.15) is 0 Å². The molecule has 26 heavy (non-hydrogen) atoms. The fourth-order valence-corrected chi connectivity index (χ4v) is 2.91. The monoisotopic (exact) mass is 481 g/mol. The third-order valence-corrected chi connectivity index (χ3v) is 4.65. The Morgan fingerprint density at radius 2 is 1.27 bits per heavy atom. The molecule has 0 spiro atoms. The summed E-state index contributed by atoms with van der Waals surface area (Å²) in [5.41, 5.74) is 1.39. The zero-order chi connectivity index (χ0) is 18.9. The average Bonchev–Trinajstić information content (AvgIpc) is 2.61. The van der Waals surface area contributed by atoms with E-state index in [0.717, 1.165) is 22.0 Å². The van der Waals surface area contributed by atoms with Crippen LogP contribution in [0.25, 0.3) is 0 Å². The van der Waals surface area contributed by atoms with Crippen molar-refractivity contribution in [2.75, 3.05) is 33.2 Å². The molecule has 0 radical (unpaired) electrons. The molecular formula is C19H21Br2N3O2. The molecule has 2 rings (SSSR count). The molecule has 0 fully saturated rings. The largest absolute Gasteiger partial charge is 0.507 e. The molecule has 0 amide bonds. The van der Waals surface area contributed by atoms with Crippen molar-refractivity contribution in [3.05, 3.63) is 56.5 Å². The number of halogens is 2. The summed E-state index contributed by atoms with van der Waals surface area (Å²) in [7, 11) is 2.01. The third kappa shape index (κ3) is 6.90. The Balaban J connectivity index is 1.73. The Morgan fingerprint density at radius 3 is 1.69 bits per heavy atom. The summed E-state index contributed by atoms with van der Waals surface area (Å²) >= 11 is 6.75. The quantitative estimate of drug-likeness (QED) is 0.556. The smallest absolute Gasteiger partial charge is 0.124 e. The van der Waals surface area contributed by atoms with Gasteiger partial charge >= 0.3 is 0 Å². The predicted octanol–water partition coefficient (Wildman–Crippen LogP) is 4.09. The maximum absolute atomic E-state index is 9.76. The number of hydrogen-bond acceptors (Lipinski definition) is 5. The van der Waals surface area contributed by atoms with Crippen molar-refractivity contribution in [2.45, 2.75) is 0 Å². The van der Waals surface area contributed by atoms with E-state index in [4.69, 9.17) is 0 Å². The van der Waals surface area contributed by atoms with Crippen molar-refractivity contribution >= 4 is 44.3 Å². The van der Waals surface area contributed by atoms with Gasteiger partial charge in [-0.3, -0.25) is 9.98 Å². The Morgan fingerprint density at radius 1 is 0.846 bits per heavy atom. The maximum Gasteiger partial charge on any atom is 0.124 e. The van der Waals surface area contributed by atoms with Gasteiger partial charge in [0.25, 0.3) is 0 Å². The molecule has 2 aromatic rings. The van der Waals surface area contributed by atoms with E-state index in [2.05, 4.69) is 46.7 Å². The minimum atomic E-state index is 0.218. The van der Waals surface area contributed by atoms with Gasteiger partial charge in [-0.15, -0.1) is 0 Å². The van der Waals surface area contributed by atoms with Gasteiger partial charge in [0.2, 0.25) is 0 Å². The van der Waals surface area contributed by atoms with Crippen molar-refractivity contribution < 1.29 is 10.2 Å². The Hall–Kier alpha value is -1.70. The molecule has 2 aromatic carbocycles. The van der Waals surface area contributed by atoms with E-state index in [-0.39, 0.29) is 11.5 Å². The van der Waals surface area contributed by atoms with E-state index < -0.39 is 0 Å². The molecule has 0 unspecified atom stereocenters. The van der Waals surface area contributed by atoms with Crippen LogP contribution in [0.1, 0.15) is 11.1 Å². The molecule has 138 valence electrons. The first-order valence-corrected chi connectivity index (χ1v) is 9.69. The van der Waals surface area contributed by atoms with Gasteiger partial charge < -0.3 is 15.1 Å². The summed E-state index contributed by atoms with van der Waals surface area (Å²) in [5.74, 6) is 0.436. The van der Waals surface area contributed by atoms with Crippen LogP contribution in [-0.2, 0) is 0 Å². The van der Waals surface area contributed by atoms with Crippen LogP contribution in [0, 0.1) is 0 Å². The van der Waals surface area contributed by atoms with Crippen LogP contribution in [0.5, 0.6) is 11.5 Å². The number of nitrogens with zero attached hydrogens (tertiary/aromatic N) is 3. The molecule has 0 aliphatic carbocycles. The van der Waals surface area contributed by atoms with Crippen molar-refractivity contribution in [1.29, 1.82) is 0 Å². The second-order valence-corrected chi connectivity index (χ2v) is 7.61. The highest BCUT2D eigenvalue weighted by molar-refractivity contribution is 9.10. The molecule has 2 N–H and O–H groups in total. The molecule has 7 heteroatoms. The summed E-state index contributed by atoms with van der Waals surface area (Å²) in [6, 6.07) is 10.5. The average molecular weight is 483 g/mol. The van der Waals surface area contributed by atoms with Crippen molar-refractivity contribution in [2.24, 2.45) is 9.98 Å². The Bertz CT molecular complexity index is 729. The lowest BCUT2D eigenvalue weighted by molar-refractivity contribution is 0.354. The summed E-state index contributed by atoms with van der Waals surface area (Å²) in [6.45, 7) is 2.86. The zero-order valence-corrected chi connectivity index (χ0v) is 17.6. The van der Waals surface area contributed by atoms with Crippen LogP contribution in [0.4, 0.5) is 0 Å². The van der Waals surface area contributed by atoms with Crippen LogP contribution in [0.15, 0.2) is 55.3 Å². The van der Waals surface area contributed by atoms with Crippen LogP contribution < -0.4 is 0 Å². The minimum absolute atomic E-state index is 0.218. The highest BCUT2D eigenvalue weighted by Crippen LogP contribution is 2.20. The lowest BCUT2D eigenvalue weighted by Gasteiger charge is -2.13. The Labute approximate surface area is 170 Å².